The molecule has 1 unspecified atom stereocenters. The van der Waals surface area contributed by atoms with Crippen LogP contribution in [0.15, 0.2) is 16.7 Å². The van der Waals surface area contributed by atoms with E-state index in [1.165, 1.54) is 0 Å². The Morgan fingerprint density at radius 2 is 2.26 bits per heavy atom. The fraction of sp³-hybridized carbons (Fsp3) is 0.538. The van der Waals surface area contributed by atoms with Crippen LogP contribution >= 0.6 is 15.9 Å². The molecule has 5 nitrogen and oxygen atoms in total. The van der Waals surface area contributed by atoms with Gasteiger partial charge in [-0.3, -0.25) is 4.90 Å². The second kappa shape index (κ2) is 5.00. The number of hydrogen-bond acceptors (Lipinski definition) is 4. The third kappa shape index (κ3) is 3.37. The van der Waals surface area contributed by atoms with Gasteiger partial charge in [-0.1, -0.05) is 0 Å². The van der Waals surface area contributed by atoms with Gasteiger partial charge in [0.25, 0.3) is 0 Å². The van der Waals surface area contributed by atoms with Crippen molar-refractivity contribution < 1.29 is 14.3 Å². The molecule has 2 heterocycles. The molecule has 0 saturated carbocycles. The van der Waals surface area contributed by atoms with E-state index in [1.807, 2.05) is 27.7 Å². The van der Waals surface area contributed by atoms with Gasteiger partial charge in [-0.15, -0.1) is 0 Å². The number of pyridine rings is 1. The standard InChI is InChI=1S/C13H17BrN2O3/c1-8-7-16(12(17)19-13(2,3)4)10-5-9(14)6-15-11(10)18-8/h5-6,8H,7H2,1-4H3. The highest BCUT2D eigenvalue weighted by Crippen LogP contribution is 2.34. The predicted octanol–water partition coefficient (Wildman–Crippen LogP) is 3.37. The van der Waals surface area contributed by atoms with Crippen LogP contribution in [0.3, 0.4) is 0 Å². The molecule has 1 aromatic heterocycles. The molecule has 19 heavy (non-hydrogen) atoms. The normalized spacial score (nSPS) is 18.6. The molecule has 0 bridgehead atoms. The van der Waals surface area contributed by atoms with Gasteiger partial charge >= 0.3 is 6.09 Å². The van der Waals surface area contributed by atoms with Gasteiger partial charge in [0.2, 0.25) is 5.88 Å². The molecule has 0 aromatic carbocycles. The van der Waals surface area contributed by atoms with Gasteiger partial charge in [0.1, 0.15) is 17.4 Å². The lowest BCUT2D eigenvalue weighted by molar-refractivity contribution is 0.0550. The minimum absolute atomic E-state index is 0.117. The Bertz CT molecular complexity index is 499. The molecule has 0 saturated heterocycles. The van der Waals surface area contributed by atoms with Crippen molar-refractivity contribution in [3.63, 3.8) is 0 Å². The zero-order valence-electron chi connectivity index (χ0n) is 11.4. The Balaban J connectivity index is 2.32. The molecule has 1 atom stereocenters. The van der Waals surface area contributed by atoms with Crippen LogP contribution in [0, 0.1) is 0 Å². The lowest BCUT2D eigenvalue weighted by atomic mass is 10.2. The zero-order valence-corrected chi connectivity index (χ0v) is 13.0. The fourth-order valence-electron chi connectivity index (χ4n) is 1.77. The molecular weight excluding hydrogens is 312 g/mol. The van der Waals surface area contributed by atoms with E-state index >= 15 is 0 Å². The summed E-state index contributed by atoms with van der Waals surface area (Å²) in [4.78, 5) is 18.0. The number of aromatic nitrogens is 1. The summed E-state index contributed by atoms with van der Waals surface area (Å²) in [5, 5.41) is 0. The van der Waals surface area contributed by atoms with Gasteiger partial charge in [0.15, 0.2) is 0 Å². The van der Waals surface area contributed by atoms with Gasteiger partial charge in [-0.25, -0.2) is 9.78 Å². The van der Waals surface area contributed by atoms with Crippen LogP contribution in [0.4, 0.5) is 10.5 Å². The number of hydrogen-bond donors (Lipinski definition) is 0. The lowest BCUT2D eigenvalue weighted by Crippen LogP contribution is -2.45. The summed E-state index contributed by atoms with van der Waals surface area (Å²) in [5.41, 5.74) is 0.0971. The molecular formula is C13H17BrN2O3. The fourth-order valence-corrected chi connectivity index (χ4v) is 2.09. The maximum absolute atomic E-state index is 12.2. The van der Waals surface area contributed by atoms with Crippen molar-refractivity contribution in [2.75, 3.05) is 11.4 Å². The summed E-state index contributed by atoms with van der Waals surface area (Å²) in [7, 11) is 0. The first-order valence-corrected chi connectivity index (χ1v) is 6.88. The first-order chi connectivity index (χ1) is 8.76. The molecule has 0 spiro atoms. The molecule has 1 amide bonds. The molecule has 104 valence electrons. The van der Waals surface area contributed by atoms with Crippen molar-refractivity contribution in [2.24, 2.45) is 0 Å². The molecule has 1 aliphatic rings. The average molecular weight is 329 g/mol. The van der Waals surface area contributed by atoms with Crippen LogP contribution in [-0.4, -0.2) is 29.3 Å². The number of amides is 1. The summed E-state index contributed by atoms with van der Waals surface area (Å²) >= 11 is 3.35. The second-order valence-electron chi connectivity index (χ2n) is 5.50. The minimum atomic E-state index is -0.530. The first-order valence-electron chi connectivity index (χ1n) is 6.09. The average Bonchev–Trinajstić information content (AvgIpc) is 2.26. The van der Waals surface area contributed by atoms with E-state index in [9.17, 15) is 4.79 Å². The highest BCUT2D eigenvalue weighted by atomic mass is 79.9. The van der Waals surface area contributed by atoms with E-state index in [1.54, 1.807) is 17.2 Å². The van der Waals surface area contributed by atoms with E-state index in [2.05, 4.69) is 20.9 Å². The highest BCUT2D eigenvalue weighted by molar-refractivity contribution is 9.10. The van der Waals surface area contributed by atoms with Crippen molar-refractivity contribution in [2.45, 2.75) is 39.4 Å². The van der Waals surface area contributed by atoms with Crippen LogP contribution in [0.25, 0.3) is 0 Å². The topological polar surface area (TPSA) is 51.7 Å². The molecule has 6 heteroatoms. The largest absolute Gasteiger partial charge is 0.471 e. The molecule has 0 aliphatic carbocycles. The summed E-state index contributed by atoms with van der Waals surface area (Å²) in [6.45, 7) is 7.86. The van der Waals surface area contributed by atoms with Gasteiger partial charge in [0, 0.05) is 10.7 Å². The van der Waals surface area contributed by atoms with Gasteiger partial charge in [0.05, 0.1) is 6.54 Å². The molecule has 0 radical (unpaired) electrons. The number of anilines is 1. The maximum Gasteiger partial charge on any atom is 0.415 e. The Hall–Kier alpha value is -1.30. The quantitative estimate of drug-likeness (QED) is 0.732. The van der Waals surface area contributed by atoms with E-state index in [0.29, 0.717) is 18.1 Å². The van der Waals surface area contributed by atoms with Gasteiger partial charge in [-0.2, -0.15) is 0 Å². The minimum Gasteiger partial charge on any atom is -0.471 e. The highest BCUT2D eigenvalue weighted by Gasteiger charge is 2.32. The van der Waals surface area contributed by atoms with Crippen molar-refractivity contribution in [1.82, 2.24) is 4.98 Å². The molecule has 0 fully saturated rings. The monoisotopic (exact) mass is 328 g/mol. The van der Waals surface area contributed by atoms with Crippen LogP contribution in [-0.2, 0) is 4.74 Å². The Labute approximate surface area is 121 Å². The Kier molecular flexibility index (Phi) is 3.71. The number of carbonyl (C=O) groups excluding carboxylic acids is 1. The number of ether oxygens (including phenoxy) is 2. The summed E-state index contributed by atoms with van der Waals surface area (Å²) in [6, 6.07) is 1.80. The SMILES string of the molecule is CC1CN(C(=O)OC(C)(C)C)c2cc(Br)cnc2O1. The predicted molar refractivity (Wildman–Crippen MR) is 75.6 cm³/mol. The number of nitrogens with zero attached hydrogens (tertiary/aromatic N) is 2. The molecule has 1 aromatic rings. The van der Waals surface area contributed by atoms with Crippen LogP contribution in [0.2, 0.25) is 0 Å². The van der Waals surface area contributed by atoms with E-state index < -0.39 is 5.60 Å². The van der Waals surface area contributed by atoms with Crippen molar-refractivity contribution >= 4 is 27.7 Å². The summed E-state index contributed by atoms with van der Waals surface area (Å²) in [6.07, 6.45) is 1.14. The van der Waals surface area contributed by atoms with Crippen molar-refractivity contribution in [1.29, 1.82) is 0 Å². The van der Waals surface area contributed by atoms with Crippen LogP contribution < -0.4 is 9.64 Å². The number of rotatable bonds is 0. The number of halogens is 1. The maximum atomic E-state index is 12.2. The van der Waals surface area contributed by atoms with Gasteiger partial charge < -0.3 is 9.47 Å². The molecule has 1 aliphatic heterocycles. The first kappa shape index (κ1) is 14.1. The Morgan fingerprint density at radius 1 is 1.58 bits per heavy atom. The van der Waals surface area contributed by atoms with E-state index in [-0.39, 0.29) is 12.2 Å². The van der Waals surface area contributed by atoms with E-state index in [4.69, 9.17) is 9.47 Å². The summed E-state index contributed by atoms with van der Waals surface area (Å²) < 4.78 is 11.8. The van der Waals surface area contributed by atoms with Crippen LogP contribution in [0.1, 0.15) is 27.7 Å². The van der Waals surface area contributed by atoms with Crippen LogP contribution in [0.5, 0.6) is 5.88 Å². The van der Waals surface area contributed by atoms with E-state index in [0.717, 1.165) is 4.47 Å². The van der Waals surface area contributed by atoms with Gasteiger partial charge in [-0.05, 0) is 49.7 Å². The van der Waals surface area contributed by atoms with Crippen molar-refractivity contribution in [3.8, 4) is 5.88 Å². The van der Waals surface area contributed by atoms with Crippen molar-refractivity contribution in [3.05, 3.63) is 16.7 Å². The second-order valence-corrected chi connectivity index (χ2v) is 6.41. The third-order valence-electron chi connectivity index (χ3n) is 2.46. The number of fused-ring (bicyclic) bond motifs is 1. The lowest BCUT2D eigenvalue weighted by Gasteiger charge is -2.33. The Morgan fingerprint density at radius 3 is 2.89 bits per heavy atom. The zero-order chi connectivity index (χ0) is 14.2. The molecule has 2 rings (SSSR count). The summed E-state index contributed by atoms with van der Waals surface area (Å²) in [5.74, 6) is 0.452. The smallest absolute Gasteiger partial charge is 0.415 e. The molecule has 0 N–H and O–H groups in total. The third-order valence-corrected chi connectivity index (χ3v) is 2.89. The number of carbonyl (C=O) groups is 1.